The van der Waals surface area contributed by atoms with Crippen molar-refractivity contribution < 1.29 is 0 Å². The average Bonchev–Trinajstić information content (AvgIpc) is 1.59. The van der Waals surface area contributed by atoms with E-state index in [1.807, 2.05) is 0 Å². The minimum Gasteiger partial charge on any atom is -0.316 e. The lowest BCUT2D eigenvalue weighted by molar-refractivity contribution is 0.368. The van der Waals surface area contributed by atoms with Crippen LogP contribution < -0.4 is 5.32 Å². The van der Waals surface area contributed by atoms with Crippen molar-refractivity contribution >= 4 is 0 Å². The van der Waals surface area contributed by atoms with Crippen LogP contribution in [0.1, 0.15) is 34.6 Å². The van der Waals surface area contributed by atoms with Crippen molar-refractivity contribution in [3.05, 3.63) is 0 Å². The van der Waals surface area contributed by atoms with Crippen LogP contribution in [0.15, 0.2) is 0 Å². The molecule has 0 unspecified atom stereocenters. The van der Waals surface area contributed by atoms with E-state index in [9.17, 15) is 0 Å². The van der Waals surface area contributed by atoms with Crippen LogP contribution in [0.25, 0.3) is 0 Å². The molecule has 0 heterocycles. The molecule has 0 fully saturated rings. The lowest BCUT2D eigenvalue weighted by atomic mass is 9.97. The molecule has 0 aromatic heterocycles. The molecule has 0 rings (SSSR count). The predicted molar refractivity (Wildman–Crippen MR) is 47.2 cm³/mol. The summed E-state index contributed by atoms with van der Waals surface area (Å²) in [5.74, 6) is 0.766. The van der Waals surface area contributed by atoms with Crippen molar-refractivity contribution in [1.82, 2.24) is 5.32 Å². The minimum absolute atomic E-state index is 0.425. The van der Waals surface area contributed by atoms with E-state index in [2.05, 4.69) is 39.9 Å². The van der Waals surface area contributed by atoms with Crippen LogP contribution in [0, 0.1) is 11.3 Å². The molecule has 0 aromatic carbocycles. The van der Waals surface area contributed by atoms with Gasteiger partial charge in [0.2, 0.25) is 0 Å². The van der Waals surface area contributed by atoms with E-state index < -0.39 is 0 Å². The molecule has 0 aromatic rings. The first-order chi connectivity index (χ1) is 4.42. The predicted octanol–water partition coefficient (Wildman–Crippen LogP) is 2.28. The van der Waals surface area contributed by atoms with Crippen molar-refractivity contribution in [2.45, 2.75) is 34.6 Å². The van der Waals surface area contributed by atoms with Crippen LogP contribution in [-0.2, 0) is 0 Å². The number of hydrogen-bond acceptors (Lipinski definition) is 1. The maximum absolute atomic E-state index is 3.42. The molecular weight excluding hydrogens is 122 g/mol. The van der Waals surface area contributed by atoms with Crippen LogP contribution in [-0.4, -0.2) is 13.1 Å². The topological polar surface area (TPSA) is 12.0 Å². The van der Waals surface area contributed by atoms with Crippen molar-refractivity contribution in [2.75, 3.05) is 13.1 Å². The van der Waals surface area contributed by atoms with E-state index in [1.54, 1.807) is 0 Å². The lowest BCUT2D eigenvalue weighted by Gasteiger charge is -2.19. The van der Waals surface area contributed by atoms with E-state index in [4.69, 9.17) is 0 Å². The molecule has 1 N–H and O–H groups in total. The summed E-state index contributed by atoms with van der Waals surface area (Å²) in [6.07, 6.45) is 0. The van der Waals surface area contributed by atoms with E-state index in [-0.39, 0.29) is 0 Å². The van der Waals surface area contributed by atoms with Gasteiger partial charge in [0.1, 0.15) is 0 Å². The van der Waals surface area contributed by atoms with Gasteiger partial charge in [-0.1, -0.05) is 34.6 Å². The Morgan fingerprint density at radius 3 is 2.00 bits per heavy atom. The summed E-state index contributed by atoms with van der Waals surface area (Å²) in [6.45, 7) is 13.5. The highest BCUT2D eigenvalue weighted by atomic mass is 14.9. The second-order valence-corrected chi connectivity index (χ2v) is 4.59. The molecule has 1 nitrogen and oxygen atoms in total. The maximum atomic E-state index is 3.42. The smallest absolute Gasteiger partial charge is 0.00000134 e. The highest BCUT2D eigenvalue weighted by Crippen LogP contribution is 2.10. The zero-order valence-electron chi connectivity index (χ0n) is 7.99. The van der Waals surface area contributed by atoms with Gasteiger partial charge in [-0.25, -0.2) is 0 Å². The molecule has 1 heteroatoms. The molecule has 62 valence electrons. The fraction of sp³-hybridized carbons (Fsp3) is 1.00. The Balaban J connectivity index is 3.21. The van der Waals surface area contributed by atoms with Gasteiger partial charge in [0.25, 0.3) is 0 Å². The Morgan fingerprint density at radius 2 is 1.70 bits per heavy atom. The van der Waals surface area contributed by atoms with Gasteiger partial charge < -0.3 is 5.32 Å². The second kappa shape index (κ2) is 3.97. The average molecular weight is 143 g/mol. The van der Waals surface area contributed by atoms with Crippen molar-refractivity contribution in [1.29, 1.82) is 0 Å². The zero-order valence-corrected chi connectivity index (χ0v) is 7.99. The molecule has 0 aliphatic carbocycles. The van der Waals surface area contributed by atoms with Gasteiger partial charge >= 0.3 is 0 Å². The number of rotatable bonds is 3. The Labute approximate surface area is 65.2 Å². The van der Waals surface area contributed by atoms with Crippen molar-refractivity contribution in [3.63, 3.8) is 0 Å². The van der Waals surface area contributed by atoms with Gasteiger partial charge in [0, 0.05) is 0 Å². The molecule has 0 aliphatic heterocycles. The molecule has 0 saturated heterocycles. The van der Waals surface area contributed by atoms with Crippen LogP contribution in [0.2, 0.25) is 0 Å². The van der Waals surface area contributed by atoms with Crippen molar-refractivity contribution in [3.8, 4) is 0 Å². The monoisotopic (exact) mass is 143 g/mol. The lowest BCUT2D eigenvalue weighted by Crippen LogP contribution is -2.29. The molecular formula is C9H21N. The van der Waals surface area contributed by atoms with Gasteiger partial charge in [-0.05, 0) is 24.4 Å². The molecule has 0 spiro atoms. The third kappa shape index (κ3) is 7.96. The molecule has 0 radical (unpaired) electrons. The SMILES string of the molecule is CC(C)CNCC(C)(C)C. The molecule has 0 aliphatic rings. The van der Waals surface area contributed by atoms with Crippen LogP contribution in [0.3, 0.4) is 0 Å². The van der Waals surface area contributed by atoms with Crippen LogP contribution in [0.5, 0.6) is 0 Å². The summed E-state index contributed by atoms with van der Waals surface area (Å²) < 4.78 is 0. The number of hydrogen-bond donors (Lipinski definition) is 1. The molecule has 0 atom stereocenters. The highest BCUT2D eigenvalue weighted by Gasteiger charge is 2.08. The van der Waals surface area contributed by atoms with Crippen LogP contribution >= 0.6 is 0 Å². The van der Waals surface area contributed by atoms with E-state index in [1.165, 1.54) is 0 Å². The first-order valence-electron chi connectivity index (χ1n) is 4.12. The standard InChI is InChI=1S/C9H21N/c1-8(2)6-10-7-9(3,4)5/h8,10H,6-7H2,1-5H3. The molecule has 10 heavy (non-hydrogen) atoms. The van der Waals surface area contributed by atoms with E-state index in [0.29, 0.717) is 5.41 Å². The number of nitrogens with one attached hydrogen (secondary N) is 1. The van der Waals surface area contributed by atoms with Gasteiger partial charge in [0.05, 0.1) is 0 Å². The third-order valence-corrected chi connectivity index (χ3v) is 1.21. The summed E-state index contributed by atoms with van der Waals surface area (Å²) >= 11 is 0. The summed E-state index contributed by atoms with van der Waals surface area (Å²) in [5, 5.41) is 3.42. The minimum atomic E-state index is 0.425. The summed E-state index contributed by atoms with van der Waals surface area (Å²) in [4.78, 5) is 0. The van der Waals surface area contributed by atoms with Gasteiger partial charge in [-0.3, -0.25) is 0 Å². The quantitative estimate of drug-likeness (QED) is 0.639. The van der Waals surface area contributed by atoms with Crippen LogP contribution in [0.4, 0.5) is 0 Å². The van der Waals surface area contributed by atoms with E-state index >= 15 is 0 Å². The fourth-order valence-electron chi connectivity index (χ4n) is 0.736. The largest absolute Gasteiger partial charge is 0.316 e. The van der Waals surface area contributed by atoms with E-state index in [0.717, 1.165) is 19.0 Å². The Hall–Kier alpha value is -0.0400. The second-order valence-electron chi connectivity index (χ2n) is 4.59. The first kappa shape index (κ1) is 9.96. The van der Waals surface area contributed by atoms with Gasteiger partial charge in [-0.2, -0.15) is 0 Å². The summed E-state index contributed by atoms with van der Waals surface area (Å²) in [5.41, 5.74) is 0.425. The van der Waals surface area contributed by atoms with Gasteiger partial charge in [0.15, 0.2) is 0 Å². The molecule has 0 bridgehead atoms. The molecule has 0 amide bonds. The Bertz CT molecular complexity index is 79.2. The normalized spacial score (nSPS) is 12.6. The summed E-state index contributed by atoms with van der Waals surface area (Å²) in [7, 11) is 0. The maximum Gasteiger partial charge on any atom is -0.00000134 e. The Morgan fingerprint density at radius 1 is 1.20 bits per heavy atom. The first-order valence-corrected chi connectivity index (χ1v) is 4.12. The fourth-order valence-corrected chi connectivity index (χ4v) is 0.736. The van der Waals surface area contributed by atoms with Gasteiger partial charge in [-0.15, -0.1) is 0 Å². The zero-order chi connectivity index (χ0) is 8.20. The molecule has 0 saturated carbocycles. The summed E-state index contributed by atoms with van der Waals surface area (Å²) in [6, 6.07) is 0. The Kier molecular flexibility index (Phi) is 3.95. The van der Waals surface area contributed by atoms with Crippen molar-refractivity contribution in [2.24, 2.45) is 11.3 Å². The highest BCUT2D eigenvalue weighted by molar-refractivity contribution is 4.64. The third-order valence-electron chi connectivity index (χ3n) is 1.21.